The second-order valence-corrected chi connectivity index (χ2v) is 17.0. The summed E-state index contributed by atoms with van der Waals surface area (Å²) in [5, 5.41) is 1.26. The Morgan fingerprint density at radius 3 is 1.52 bits per heavy atom. The molecular formula is C56H44N2. The lowest BCUT2D eigenvalue weighted by Gasteiger charge is -2.30. The zero-order chi connectivity index (χ0) is 39.2. The van der Waals surface area contributed by atoms with E-state index in [1.54, 1.807) is 0 Å². The first-order valence-corrected chi connectivity index (χ1v) is 20.4. The molecule has 0 saturated carbocycles. The van der Waals surface area contributed by atoms with E-state index in [4.69, 9.17) is 0 Å². The second kappa shape index (κ2) is 12.8. The predicted molar refractivity (Wildman–Crippen MR) is 244 cm³/mol. The molecule has 2 heteroatoms. The van der Waals surface area contributed by atoms with Crippen LogP contribution in [0.25, 0.3) is 61.1 Å². The summed E-state index contributed by atoms with van der Waals surface area (Å²) in [5.41, 5.74) is 21.2. The first kappa shape index (κ1) is 34.4. The molecule has 0 spiro atoms. The maximum atomic E-state index is 2.45. The smallest absolute Gasteiger partial charge is 0.0534 e. The van der Waals surface area contributed by atoms with E-state index in [2.05, 4.69) is 231 Å². The Bertz CT molecular complexity index is 3040. The Balaban J connectivity index is 1.03. The molecule has 0 unspecified atom stereocenters. The Hall–Kier alpha value is -6.90. The van der Waals surface area contributed by atoms with Gasteiger partial charge in [0.15, 0.2) is 0 Å². The highest BCUT2D eigenvalue weighted by atomic mass is 15.1. The number of para-hydroxylation sites is 1. The molecule has 0 radical (unpaired) electrons. The summed E-state index contributed by atoms with van der Waals surface area (Å²) in [6.07, 6.45) is 2.31. The van der Waals surface area contributed by atoms with E-state index in [0.717, 1.165) is 17.1 Å². The quantitative estimate of drug-likeness (QED) is 0.165. The van der Waals surface area contributed by atoms with Gasteiger partial charge >= 0.3 is 0 Å². The molecule has 58 heavy (non-hydrogen) atoms. The van der Waals surface area contributed by atoms with Crippen LogP contribution in [0, 0.1) is 0 Å². The van der Waals surface area contributed by atoms with Gasteiger partial charge in [0.25, 0.3) is 0 Å². The van der Waals surface area contributed by atoms with Crippen LogP contribution < -0.4 is 4.90 Å². The molecule has 0 amide bonds. The fourth-order valence-corrected chi connectivity index (χ4v) is 9.96. The Labute approximate surface area is 341 Å². The topological polar surface area (TPSA) is 8.17 Å². The predicted octanol–water partition coefficient (Wildman–Crippen LogP) is 15.0. The molecule has 1 aromatic heterocycles. The van der Waals surface area contributed by atoms with Crippen molar-refractivity contribution in [1.29, 1.82) is 0 Å². The summed E-state index contributed by atoms with van der Waals surface area (Å²) in [6.45, 7) is 9.51. The summed E-state index contributed by atoms with van der Waals surface area (Å²) in [7, 11) is 0. The van der Waals surface area contributed by atoms with Crippen LogP contribution in [0.1, 0.15) is 49.9 Å². The van der Waals surface area contributed by atoms with Crippen LogP contribution in [-0.4, -0.2) is 4.57 Å². The van der Waals surface area contributed by atoms with Crippen LogP contribution in [0.2, 0.25) is 0 Å². The highest BCUT2D eigenvalue weighted by Crippen LogP contribution is 2.53. The van der Waals surface area contributed by atoms with E-state index in [1.807, 2.05) is 0 Å². The third-order valence-electron chi connectivity index (χ3n) is 13.0. The molecule has 9 aromatic rings. The van der Waals surface area contributed by atoms with Gasteiger partial charge in [0.1, 0.15) is 0 Å². The molecule has 0 bridgehead atoms. The summed E-state index contributed by atoms with van der Waals surface area (Å²) >= 11 is 0. The van der Waals surface area contributed by atoms with Gasteiger partial charge in [-0.2, -0.15) is 0 Å². The van der Waals surface area contributed by atoms with E-state index in [1.165, 1.54) is 83.4 Å². The maximum absolute atomic E-state index is 2.45. The second-order valence-electron chi connectivity index (χ2n) is 17.0. The fraction of sp³-hybridized carbons (Fsp3) is 0.107. The van der Waals surface area contributed by atoms with Gasteiger partial charge in [0, 0.05) is 50.7 Å². The van der Waals surface area contributed by atoms with Crippen molar-refractivity contribution in [2.24, 2.45) is 0 Å². The van der Waals surface area contributed by atoms with Crippen LogP contribution in [0.3, 0.4) is 0 Å². The van der Waals surface area contributed by atoms with Gasteiger partial charge in [-0.3, -0.25) is 0 Å². The SMILES string of the molecule is CC1(C)c2ccccc2-c2ccc(N(c3ccc(-c4ccccc4)cc3)c3ccc4c(c3)C(C)(C)c3cc(-n5cc(-c6ccccc6)c6ccccc65)ccc3-4)cc21. The largest absolute Gasteiger partial charge is 0.316 e. The lowest BCUT2D eigenvalue weighted by Crippen LogP contribution is -2.18. The van der Waals surface area contributed by atoms with Gasteiger partial charge in [0.05, 0.1) is 5.52 Å². The highest BCUT2D eigenvalue weighted by molar-refractivity contribution is 5.97. The molecule has 11 rings (SSSR count). The van der Waals surface area contributed by atoms with E-state index < -0.39 is 0 Å². The van der Waals surface area contributed by atoms with Crippen molar-refractivity contribution in [3.05, 3.63) is 217 Å². The van der Waals surface area contributed by atoms with Crippen LogP contribution >= 0.6 is 0 Å². The maximum Gasteiger partial charge on any atom is 0.0534 e. The monoisotopic (exact) mass is 744 g/mol. The molecule has 278 valence electrons. The Kier molecular flexibility index (Phi) is 7.59. The number of hydrogen-bond acceptors (Lipinski definition) is 1. The van der Waals surface area contributed by atoms with Gasteiger partial charge in [-0.05, 0) is 116 Å². The highest BCUT2D eigenvalue weighted by Gasteiger charge is 2.38. The van der Waals surface area contributed by atoms with Gasteiger partial charge in [0.2, 0.25) is 0 Å². The Morgan fingerprint density at radius 2 is 0.845 bits per heavy atom. The summed E-state index contributed by atoms with van der Waals surface area (Å²) < 4.78 is 2.37. The number of aromatic nitrogens is 1. The summed E-state index contributed by atoms with van der Waals surface area (Å²) in [4.78, 5) is 2.45. The number of rotatable bonds is 6. The van der Waals surface area contributed by atoms with Crippen molar-refractivity contribution >= 4 is 28.0 Å². The molecule has 0 N–H and O–H groups in total. The number of benzene rings is 8. The van der Waals surface area contributed by atoms with E-state index in [-0.39, 0.29) is 10.8 Å². The molecule has 0 atom stereocenters. The van der Waals surface area contributed by atoms with Crippen LogP contribution in [0.4, 0.5) is 17.1 Å². The number of fused-ring (bicyclic) bond motifs is 7. The van der Waals surface area contributed by atoms with E-state index in [9.17, 15) is 0 Å². The minimum Gasteiger partial charge on any atom is -0.316 e. The summed E-state index contributed by atoms with van der Waals surface area (Å²) in [5.74, 6) is 0. The molecule has 0 saturated heterocycles. The van der Waals surface area contributed by atoms with Gasteiger partial charge in [-0.25, -0.2) is 0 Å². The van der Waals surface area contributed by atoms with E-state index >= 15 is 0 Å². The van der Waals surface area contributed by atoms with E-state index in [0.29, 0.717) is 0 Å². The number of hydrogen-bond donors (Lipinski definition) is 0. The molecule has 0 aliphatic heterocycles. The average Bonchev–Trinajstić information content (AvgIpc) is 3.84. The molecule has 1 heterocycles. The molecular weight excluding hydrogens is 701 g/mol. The number of nitrogens with zero attached hydrogens (tertiary/aromatic N) is 2. The molecule has 0 fully saturated rings. The van der Waals surface area contributed by atoms with Crippen molar-refractivity contribution in [2.45, 2.75) is 38.5 Å². The minimum absolute atomic E-state index is 0.100. The third kappa shape index (κ3) is 5.18. The molecule has 8 aromatic carbocycles. The van der Waals surface area contributed by atoms with Gasteiger partial charge < -0.3 is 9.47 Å². The number of anilines is 3. The van der Waals surface area contributed by atoms with Crippen molar-refractivity contribution in [3.8, 4) is 50.2 Å². The van der Waals surface area contributed by atoms with Crippen LogP contribution in [0.15, 0.2) is 194 Å². The normalized spacial score (nSPS) is 14.1. The average molecular weight is 745 g/mol. The fourth-order valence-electron chi connectivity index (χ4n) is 9.96. The van der Waals surface area contributed by atoms with Gasteiger partial charge in [-0.1, -0.05) is 161 Å². The molecule has 2 nitrogen and oxygen atoms in total. The Morgan fingerprint density at radius 1 is 0.362 bits per heavy atom. The lowest BCUT2D eigenvalue weighted by atomic mass is 9.82. The van der Waals surface area contributed by atoms with Gasteiger partial charge in [-0.15, -0.1) is 0 Å². The van der Waals surface area contributed by atoms with Crippen LogP contribution in [0.5, 0.6) is 0 Å². The van der Waals surface area contributed by atoms with Crippen molar-refractivity contribution in [2.75, 3.05) is 4.90 Å². The lowest BCUT2D eigenvalue weighted by molar-refractivity contribution is 0.659. The zero-order valence-corrected chi connectivity index (χ0v) is 33.4. The molecule has 2 aliphatic rings. The zero-order valence-electron chi connectivity index (χ0n) is 33.4. The third-order valence-corrected chi connectivity index (χ3v) is 13.0. The van der Waals surface area contributed by atoms with Crippen molar-refractivity contribution in [3.63, 3.8) is 0 Å². The minimum atomic E-state index is -0.216. The van der Waals surface area contributed by atoms with Crippen molar-refractivity contribution < 1.29 is 0 Å². The first-order chi connectivity index (χ1) is 28.3. The van der Waals surface area contributed by atoms with Crippen molar-refractivity contribution in [1.82, 2.24) is 4.57 Å². The van der Waals surface area contributed by atoms with Crippen LogP contribution in [-0.2, 0) is 10.8 Å². The first-order valence-electron chi connectivity index (χ1n) is 20.4. The standard InChI is InChI=1S/C56H44N2/c1-55(2)50-21-13-11-19-44(50)45-31-28-42(34-52(45)55)58(40-25-23-38(24-26-40)37-15-7-5-8-16-37)43-29-32-47-46-30-27-41(33-51(46)56(3,4)53(47)35-43)57-36-49(39-17-9-6-10-18-39)48-20-12-14-22-54(48)57/h5-36H,1-4H3. The molecule has 2 aliphatic carbocycles. The summed E-state index contributed by atoms with van der Waals surface area (Å²) in [6, 6.07) is 69.4.